The van der Waals surface area contributed by atoms with Gasteiger partial charge in [-0.2, -0.15) is 19.0 Å². The Morgan fingerprint density at radius 2 is 1.79 bits per heavy atom. The molecular weight excluding hydrogens is 790 g/mol. The number of hydrogen-bond acceptors (Lipinski definition) is 8. The molecule has 0 radical (unpaired) electrons. The van der Waals surface area contributed by atoms with Gasteiger partial charge < -0.3 is 9.73 Å². The highest BCUT2D eigenvalue weighted by molar-refractivity contribution is 7.92. The number of aromatic nitrogens is 6. The first kappa shape index (κ1) is 36.5. The number of nitrogens with one attached hydrogen (secondary N) is 2. The van der Waals surface area contributed by atoms with E-state index in [1.165, 1.54) is 10.7 Å². The number of anilines is 1. The second kappa shape index (κ2) is 12.7. The lowest BCUT2D eigenvalue weighted by Crippen LogP contribution is -2.35. The van der Waals surface area contributed by atoms with Crippen molar-refractivity contribution in [1.82, 2.24) is 34.8 Å². The van der Waals surface area contributed by atoms with Gasteiger partial charge in [0.1, 0.15) is 35.1 Å². The molecule has 2 aromatic carbocycles. The zero-order chi connectivity index (χ0) is 39.6. The van der Waals surface area contributed by atoms with Crippen LogP contribution in [0.4, 0.5) is 32.2 Å². The molecule has 1 unspecified atom stereocenters. The second-order valence-electron chi connectivity index (χ2n) is 14.5. The van der Waals surface area contributed by atoms with Crippen molar-refractivity contribution in [2.24, 2.45) is 13.0 Å². The maximum absolute atomic E-state index is 15.4. The van der Waals surface area contributed by atoms with Crippen LogP contribution in [0.15, 0.2) is 40.8 Å². The summed E-state index contributed by atoms with van der Waals surface area (Å²) < 4.78 is 123. The highest BCUT2D eigenvalue weighted by atomic mass is 35.5. The van der Waals surface area contributed by atoms with Gasteiger partial charge in [-0.15, -0.1) is 0 Å². The summed E-state index contributed by atoms with van der Waals surface area (Å²) >= 11 is 6.61. The summed E-state index contributed by atoms with van der Waals surface area (Å²) in [6.07, 6.45) is -0.810. The monoisotopic (exact) mass is 818 g/mol. The fourth-order valence-corrected chi connectivity index (χ4v) is 8.59. The number of sulfonamides is 1. The van der Waals surface area contributed by atoms with Crippen LogP contribution in [0, 0.1) is 17.6 Å². The second-order valence-corrected chi connectivity index (χ2v) is 16.7. The molecular formula is C36H29ClF6N8O4S. The zero-order valence-corrected chi connectivity index (χ0v) is 30.8. The van der Waals surface area contributed by atoms with E-state index in [-0.39, 0.29) is 63.1 Å². The van der Waals surface area contributed by atoms with Gasteiger partial charge in [0.2, 0.25) is 27.5 Å². The number of pyridine rings is 1. The molecule has 2 saturated carbocycles. The number of amides is 1. The molecule has 9 rings (SSSR count). The zero-order valence-electron chi connectivity index (χ0n) is 29.3. The molecule has 0 spiro atoms. The minimum absolute atomic E-state index is 0.0331. The number of carbonyl (C=O) groups excluding carboxylic acids is 1. The molecule has 4 heterocycles. The molecule has 0 bridgehead atoms. The average molecular weight is 819 g/mol. The summed E-state index contributed by atoms with van der Waals surface area (Å²) in [5, 5.41) is 11.2. The van der Waals surface area contributed by atoms with Crippen molar-refractivity contribution >= 4 is 55.5 Å². The number of nitrogens with zero attached hydrogens (tertiary/aromatic N) is 6. The van der Waals surface area contributed by atoms with Crippen LogP contribution in [-0.2, 0) is 40.8 Å². The standard InChI is InChI=1S/C36H29ClF6N8O4S/c1-50-30-18(5-6-22(37)27(30)33(48-50)49-56(2,53)54)19-12-24-35(55-34(45-24)15-3-4-15)46-28(19)23(9-14-7-16(38)10-17(39)8-14)44-25(52)13-51-31-26(29(47-51)32(40)41)20-11-21(20)36(31,42)43/h5-8,10,12,15,20-21,23,32H,3-4,9,11,13H2,1-2H3,(H,44,52)(H,48,49)/t20-,21?,23-/m0/s1. The van der Waals surface area contributed by atoms with Crippen LogP contribution in [-0.4, -0.2) is 50.1 Å². The van der Waals surface area contributed by atoms with E-state index in [4.69, 9.17) is 21.0 Å². The summed E-state index contributed by atoms with van der Waals surface area (Å²) in [7, 11) is -2.27. The lowest BCUT2D eigenvalue weighted by molar-refractivity contribution is -0.123. The Kier molecular flexibility index (Phi) is 8.25. The van der Waals surface area contributed by atoms with E-state index in [0.29, 0.717) is 33.2 Å². The van der Waals surface area contributed by atoms with E-state index in [1.54, 1.807) is 19.2 Å². The molecule has 56 heavy (non-hydrogen) atoms. The molecule has 4 aromatic heterocycles. The Morgan fingerprint density at radius 1 is 1.05 bits per heavy atom. The molecule has 292 valence electrons. The van der Waals surface area contributed by atoms with Crippen molar-refractivity contribution in [1.29, 1.82) is 0 Å². The summed E-state index contributed by atoms with van der Waals surface area (Å²) in [6, 6.07) is 6.22. The fraction of sp³-hybridized carbons (Fsp3) is 0.361. The van der Waals surface area contributed by atoms with Crippen molar-refractivity contribution in [2.45, 2.75) is 62.5 Å². The van der Waals surface area contributed by atoms with Crippen molar-refractivity contribution in [2.75, 3.05) is 11.0 Å². The molecule has 6 aromatic rings. The smallest absolute Gasteiger partial charge is 0.293 e. The molecule has 3 atom stereocenters. The van der Waals surface area contributed by atoms with E-state index in [9.17, 15) is 30.8 Å². The summed E-state index contributed by atoms with van der Waals surface area (Å²) in [5.41, 5.74) is -0.265. The third-order valence-corrected chi connectivity index (χ3v) is 11.2. The van der Waals surface area contributed by atoms with Crippen LogP contribution in [0.5, 0.6) is 0 Å². The number of carbonyl (C=O) groups is 1. The van der Waals surface area contributed by atoms with Gasteiger partial charge in [0, 0.05) is 41.6 Å². The molecule has 20 heteroatoms. The van der Waals surface area contributed by atoms with E-state index in [0.717, 1.165) is 31.2 Å². The molecule has 0 aliphatic heterocycles. The van der Waals surface area contributed by atoms with Crippen LogP contribution >= 0.6 is 11.6 Å². The van der Waals surface area contributed by atoms with Crippen molar-refractivity contribution in [3.05, 3.63) is 87.2 Å². The number of oxazole rings is 1. The van der Waals surface area contributed by atoms with Crippen LogP contribution < -0.4 is 10.0 Å². The van der Waals surface area contributed by atoms with E-state index >= 15 is 8.78 Å². The van der Waals surface area contributed by atoms with E-state index in [2.05, 4.69) is 25.2 Å². The van der Waals surface area contributed by atoms with Gasteiger partial charge in [-0.3, -0.25) is 18.9 Å². The highest BCUT2D eigenvalue weighted by Crippen LogP contribution is 2.68. The molecule has 2 N–H and O–H groups in total. The minimum atomic E-state index is -3.82. The quantitative estimate of drug-likeness (QED) is 0.129. The third-order valence-electron chi connectivity index (χ3n) is 10.4. The fourth-order valence-electron chi connectivity index (χ4n) is 7.86. The normalized spacial score (nSPS) is 19.1. The Balaban J connectivity index is 1.20. The molecule has 1 amide bonds. The number of rotatable bonds is 11. The first-order valence-corrected chi connectivity index (χ1v) is 19.7. The number of hydrogen-bond donors (Lipinski definition) is 2. The first-order valence-electron chi connectivity index (χ1n) is 17.4. The predicted octanol–water partition coefficient (Wildman–Crippen LogP) is 7.40. The summed E-state index contributed by atoms with van der Waals surface area (Å²) in [4.78, 5) is 23.4. The number of halogens is 7. The number of aryl methyl sites for hydroxylation is 1. The van der Waals surface area contributed by atoms with Gasteiger partial charge >= 0.3 is 0 Å². The molecule has 2 fully saturated rings. The molecule has 12 nitrogen and oxygen atoms in total. The van der Waals surface area contributed by atoms with Crippen LogP contribution in [0.2, 0.25) is 5.02 Å². The van der Waals surface area contributed by atoms with Gasteiger partial charge in [-0.1, -0.05) is 17.7 Å². The number of benzene rings is 2. The predicted molar refractivity (Wildman–Crippen MR) is 190 cm³/mol. The van der Waals surface area contributed by atoms with Gasteiger partial charge in [0.25, 0.3) is 12.3 Å². The van der Waals surface area contributed by atoms with Crippen LogP contribution in [0.1, 0.15) is 77.7 Å². The van der Waals surface area contributed by atoms with Gasteiger partial charge in [0.05, 0.1) is 33.9 Å². The van der Waals surface area contributed by atoms with Crippen molar-refractivity contribution in [3.63, 3.8) is 0 Å². The first-order chi connectivity index (χ1) is 26.5. The lowest BCUT2D eigenvalue weighted by Gasteiger charge is -2.23. The number of alkyl halides is 4. The maximum Gasteiger partial charge on any atom is 0.293 e. The molecule has 0 saturated heterocycles. The Morgan fingerprint density at radius 3 is 2.46 bits per heavy atom. The molecule has 3 aliphatic rings. The van der Waals surface area contributed by atoms with Crippen molar-refractivity contribution in [3.8, 4) is 11.1 Å². The Hall–Kier alpha value is -5.17. The lowest BCUT2D eigenvalue weighted by atomic mass is 9.94. The van der Waals surface area contributed by atoms with Gasteiger partial charge in [-0.05, 0) is 61.4 Å². The minimum Gasteiger partial charge on any atom is -0.422 e. The number of fused-ring (bicyclic) bond motifs is 5. The summed E-state index contributed by atoms with van der Waals surface area (Å²) in [5.74, 6) is -7.79. The van der Waals surface area contributed by atoms with E-state index in [1.807, 2.05) is 0 Å². The Bertz CT molecular complexity index is 2730. The molecule has 3 aliphatic carbocycles. The maximum atomic E-state index is 15.4. The van der Waals surface area contributed by atoms with Crippen molar-refractivity contribution < 1.29 is 44.0 Å². The summed E-state index contributed by atoms with van der Waals surface area (Å²) in [6.45, 7) is -0.892. The highest BCUT2D eigenvalue weighted by Gasteiger charge is 2.67. The topological polar surface area (TPSA) is 150 Å². The average Bonchev–Trinajstić information content (AvgIpc) is 3.98. The van der Waals surface area contributed by atoms with Gasteiger partial charge in [-0.25, -0.2) is 35.9 Å². The SMILES string of the molecule is Cn1nc(NS(C)(=O)=O)c2c(Cl)ccc(-c3cc4nc(C5CC5)oc4nc3[C@H](Cc3cc(F)cc(F)c3)NC(=O)Cn3nc(C(F)F)c4c3C(F)(F)C3C[C@H]43)c21. The third kappa shape index (κ3) is 6.24. The van der Waals surface area contributed by atoms with Gasteiger partial charge in [0.15, 0.2) is 5.82 Å². The van der Waals surface area contributed by atoms with Crippen LogP contribution in [0.25, 0.3) is 33.3 Å². The Labute approximate surface area is 318 Å². The largest absolute Gasteiger partial charge is 0.422 e. The van der Waals surface area contributed by atoms with E-state index < -0.39 is 75.7 Å². The van der Waals surface area contributed by atoms with Crippen LogP contribution in [0.3, 0.4) is 0 Å².